The van der Waals surface area contributed by atoms with Crippen molar-refractivity contribution < 1.29 is 24.2 Å². The maximum atomic E-state index is 14.2. The summed E-state index contributed by atoms with van der Waals surface area (Å²) in [6.07, 6.45) is -0.149. The molecule has 3 aromatic carbocycles. The third-order valence-corrected chi connectivity index (χ3v) is 7.35. The molecular weight excluding hydrogens is 527 g/mol. The van der Waals surface area contributed by atoms with Crippen molar-refractivity contribution in [3.8, 4) is 5.75 Å². The molecular formula is C29H26Cl2N2O5. The number of carbonyl (C=O) groups excluding carboxylic acids is 2. The van der Waals surface area contributed by atoms with Crippen LogP contribution in [0.5, 0.6) is 5.75 Å². The quantitative estimate of drug-likeness (QED) is 0.427. The number of halogens is 2. The third kappa shape index (κ3) is 4.89. The van der Waals surface area contributed by atoms with E-state index in [1.807, 2.05) is 24.3 Å². The van der Waals surface area contributed by atoms with E-state index >= 15 is 0 Å². The van der Waals surface area contributed by atoms with Crippen molar-refractivity contribution >= 4 is 40.9 Å². The Bertz CT molecular complexity index is 1410. The highest BCUT2D eigenvalue weighted by Crippen LogP contribution is 2.47. The number of aliphatic imine (C=N–C) groups is 1. The molecule has 0 aliphatic carbocycles. The third-order valence-electron chi connectivity index (χ3n) is 6.78. The number of aliphatic hydroxyl groups is 1. The van der Waals surface area contributed by atoms with Gasteiger partial charge in [-0.15, -0.1) is 0 Å². The molecule has 1 spiro atoms. The summed E-state index contributed by atoms with van der Waals surface area (Å²) in [4.78, 5) is 33.1. The molecule has 7 nitrogen and oxygen atoms in total. The van der Waals surface area contributed by atoms with E-state index < -0.39 is 17.6 Å². The van der Waals surface area contributed by atoms with Crippen LogP contribution in [0, 0.1) is 0 Å². The summed E-state index contributed by atoms with van der Waals surface area (Å²) in [6, 6.07) is 19.8. The molecule has 0 saturated heterocycles. The summed E-state index contributed by atoms with van der Waals surface area (Å²) in [6.45, 7) is 1.97. The molecule has 5 rings (SSSR count). The highest BCUT2D eigenvalue weighted by molar-refractivity contribution is 6.35. The van der Waals surface area contributed by atoms with Crippen LogP contribution in [0.25, 0.3) is 0 Å². The number of imide groups is 1. The topological polar surface area (TPSA) is 88.4 Å². The number of carbonyl (C=O) groups is 2. The Hall–Kier alpha value is -3.39. The van der Waals surface area contributed by atoms with E-state index in [-0.39, 0.29) is 31.4 Å². The SMILES string of the molecule is CC(=O)N1Cc2ccccc2C[C@@]2(N=C(c3ccc(OCCCO)cc3)O[C@H]2c2ccc(Cl)cc2Cl)C1=O. The second-order valence-corrected chi connectivity index (χ2v) is 10.2. The van der Waals surface area contributed by atoms with E-state index in [4.69, 9.17) is 42.8 Å². The largest absolute Gasteiger partial charge is 0.494 e. The Morgan fingerprint density at radius 3 is 2.55 bits per heavy atom. The molecule has 0 aromatic heterocycles. The lowest BCUT2D eigenvalue weighted by atomic mass is 9.82. The van der Waals surface area contributed by atoms with Gasteiger partial charge in [-0.2, -0.15) is 0 Å². The highest BCUT2D eigenvalue weighted by atomic mass is 35.5. The summed E-state index contributed by atoms with van der Waals surface area (Å²) in [5, 5.41) is 9.77. The van der Waals surface area contributed by atoms with E-state index in [1.54, 1.807) is 42.5 Å². The Morgan fingerprint density at radius 1 is 1.13 bits per heavy atom. The fourth-order valence-corrected chi connectivity index (χ4v) is 5.37. The van der Waals surface area contributed by atoms with Gasteiger partial charge in [0.05, 0.1) is 13.2 Å². The average Bonchev–Trinajstić information content (AvgIpc) is 3.22. The smallest absolute Gasteiger partial charge is 0.262 e. The fraction of sp³-hybridized carbons (Fsp3) is 0.276. The molecule has 1 N–H and O–H groups in total. The molecule has 0 bridgehead atoms. The highest BCUT2D eigenvalue weighted by Gasteiger charge is 2.57. The van der Waals surface area contributed by atoms with Crippen molar-refractivity contribution in [3.05, 3.63) is 99.0 Å². The van der Waals surface area contributed by atoms with Crippen LogP contribution in [0.2, 0.25) is 10.0 Å². The lowest BCUT2D eigenvalue weighted by molar-refractivity contribution is -0.149. The molecule has 0 fully saturated rings. The lowest BCUT2D eigenvalue weighted by Gasteiger charge is -2.32. The van der Waals surface area contributed by atoms with Gasteiger partial charge in [0.25, 0.3) is 5.91 Å². The molecule has 0 radical (unpaired) electrons. The van der Waals surface area contributed by atoms with Crippen molar-refractivity contribution in [2.75, 3.05) is 13.2 Å². The van der Waals surface area contributed by atoms with Crippen LogP contribution in [0.15, 0.2) is 71.7 Å². The number of benzene rings is 3. The minimum absolute atomic E-state index is 0.0495. The maximum Gasteiger partial charge on any atom is 0.262 e. The number of aliphatic hydroxyl groups excluding tert-OH is 1. The van der Waals surface area contributed by atoms with Gasteiger partial charge in [0.15, 0.2) is 11.6 Å². The minimum atomic E-state index is -1.47. The fourth-order valence-electron chi connectivity index (χ4n) is 4.86. The number of hydrogen-bond acceptors (Lipinski definition) is 6. The second kappa shape index (κ2) is 10.8. The monoisotopic (exact) mass is 552 g/mol. The lowest BCUT2D eigenvalue weighted by Crippen LogP contribution is -2.51. The number of rotatable bonds is 6. The van der Waals surface area contributed by atoms with Crippen LogP contribution in [0.1, 0.15) is 41.7 Å². The summed E-state index contributed by atoms with van der Waals surface area (Å²) in [5.74, 6) is 0.0745. The van der Waals surface area contributed by atoms with E-state index in [0.717, 1.165) is 11.1 Å². The van der Waals surface area contributed by atoms with Gasteiger partial charge in [0, 0.05) is 47.5 Å². The van der Waals surface area contributed by atoms with Crippen LogP contribution in [0.3, 0.4) is 0 Å². The Labute approximate surface area is 230 Å². The number of nitrogens with zero attached hydrogens (tertiary/aromatic N) is 2. The van der Waals surface area contributed by atoms with Crippen LogP contribution in [-0.4, -0.2) is 46.5 Å². The van der Waals surface area contributed by atoms with E-state index in [1.165, 1.54) is 11.8 Å². The van der Waals surface area contributed by atoms with Crippen molar-refractivity contribution in [1.82, 2.24) is 4.90 Å². The molecule has 2 aliphatic rings. The Morgan fingerprint density at radius 2 is 1.87 bits per heavy atom. The van der Waals surface area contributed by atoms with Crippen molar-refractivity contribution in [2.45, 2.75) is 38.0 Å². The van der Waals surface area contributed by atoms with Crippen LogP contribution in [-0.2, 0) is 27.3 Å². The zero-order valence-corrected chi connectivity index (χ0v) is 22.2. The maximum absolute atomic E-state index is 14.2. The van der Waals surface area contributed by atoms with E-state index in [9.17, 15) is 9.59 Å². The number of ether oxygens (including phenoxy) is 2. The molecule has 2 aliphatic heterocycles. The van der Waals surface area contributed by atoms with Gasteiger partial charge in [-0.05, 0) is 47.5 Å². The Balaban J connectivity index is 1.63. The van der Waals surface area contributed by atoms with Gasteiger partial charge < -0.3 is 14.6 Å². The normalized spacial score (nSPS) is 20.5. The molecule has 3 aromatic rings. The van der Waals surface area contributed by atoms with E-state index in [2.05, 4.69) is 0 Å². The zero-order valence-electron chi connectivity index (χ0n) is 20.7. The standard InChI is InChI=1S/C29H26Cl2N2O5/c1-18(35)33-17-21-6-3-2-5-20(21)16-29(28(33)36)26(24-12-9-22(30)15-25(24)31)38-27(32-29)19-7-10-23(11-8-19)37-14-4-13-34/h2-3,5-12,15,26,34H,4,13-14,16-17H2,1H3/t26-,29-/m0/s1. The van der Waals surface area contributed by atoms with E-state index in [0.29, 0.717) is 39.9 Å². The van der Waals surface area contributed by atoms with Gasteiger partial charge >= 0.3 is 0 Å². The Kier molecular flexibility index (Phi) is 7.43. The van der Waals surface area contributed by atoms with Crippen molar-refractivity contribution in [1.29, 1.82) is 0 Å². The molecule has 38 heavy (non-hydrogen) atoms. The van der Waals surface area contributed by atoms with Gasteiger partial charge in [0.2, 0.25) is 11.8 Å². The van der Waals surface area contributed by atoms with Crippen LogP contribution < -0.4 is 4.74 Å². The molecule has 2 heterocycles. The molecule has 2 atom stereocenters. The number of amides is 2. The second-order valence-electron chi connectivity index (χ2n) is 9.31. The van der Waals surface area contributed by atoms with Gasteiger partial charge in [0.1, 0.15) is 5.75 Å². The first kappa shape index (κ1) is 26.2. The van der Waals surface area contributed by atoms with Crippen LogP contribution in [0.4, 0.5) is 0 Å². The van der Waals surface area contributed by atoms with Gasteiger partial charge in [-0.25, -0.2) is 4.99 Å². The minimum Gasteiger partial charge on any atom is -0.494 e. The van der Waals surface area contributed by atoms with Crippen molar-refractivity contribution in [2.24, 2.45) is 4.99 Å². The number of fused-ring (bicyclic) bond motifs is 1. The van der Waals surface area contributed by atoms with Gasteiger partial charge in [-0.1, -0.05) is 53.5 Å². The molecule has 2 amide bonds. The summed E-state index contributed by atoms with van der Waals surface area (Å²) in [7, 11) is 0. The average molecular weight is 553 g/mol. The molecule has 0 saturated carbocycles. The zero-order chi connectivity index (χ0) is 26.9. The first-order chi connectivity index (χ1) is 18.3. The first-order valence-electron chi connectivity index (χ1n) is 12.3. The van der Waals surface area contributed by atoms with Gasteiger partial charge in [-0.3, -0.25) is 14.5 Å². The summed E-state index contributed by atoms with van der Waals surface area (Å²) < 4.78 is 12.1. The predicted octanol–water partition coefficient (Wildman–Crippen LogP) is 5.14. The summed E-state index contributed by atoms with van der Waals surface area (Å²) in [5.41, 5.74) is 1.51. The molecule has 0 unspecified atom stereocenters. The molecule has 196 valence electrons. The van der Waals surface area contributed by atoms with Crippen molar-refractivity contribution in [3.63, 3.8) is 0 Å². The predicted molar refractivity (Wildman–Crippen MR) is 145 cm³/mol. The first-order valence-corrected chi connectivity index (χ1v) is 13.0. The summed E-state index contributed by atoms with van der Waals surface area (Å²) >= 11 is 12.8. The van der Waals surface area contributed by atoms with Crippen LogP contribution >= 0.6 is 23.2 Å². The molecule has 9 heteroatoms. The number of hydrogen-bond donors (Lipinski definition) is 1.